The second-order valence-corrected chi connectivity index (χ2v) is 5.15. The molecule has 0 amide bonds. The molecule has 94 valence electrons. The summed E-state index contributed by atoms with van der Waals surface area (Å²) in [5.74, 6) is 0.797. The monoisotopic (exact) mass is 239 g/mol. The molecule has 0 bridgehead atoms. The minimum absolute atomic E-state index is 0.335. The molecule has 0 aliphatic heterocycles. The van der Waals surface area contributed by atoms with Crippen LogP contribution < -0.4 is 5.32 Å². The van der Waals surface area contributed by atoms with Gasteiger partial charge in [-0.2, -0.15) is 0 Å². The Balaban J connectivity index is 1.80. The third-order valence-electron chi connectivity index (χ3n) is 3.56. The molecule has 1 N–H and O–H groups in total. The highest BCUT2D eigenvalue weighted by atomic mass is 19.1. The van der Waals surface area contributed by atoms with Crippen LogP contribution in [-0.2, 0) is 6.54 Å². The summed E-state index contributed by atoms with van der Waals surface area (Å²) < 4.78 is 26.3. The normalized spacial score (nSPS) is 24.2. The van der Waals surface area contributed by atoms with Gasteiger partial charge in [-0.05, 0) is 49.4 Å². The first kappa shape index (κ1) is 12.5. The smallest absolute Gasteiger partial charge is 0.127 e. The minimum atomic E-state index is -0.377. The van der Waals surface area contributed by atoms with E-state index < -0.39 is 0 Å². The van der Waals surface area contributed by atoms with Gasteiger partial charge in [-0.25, -0.2) is 8.78 Å². The quantitative estimate of drug-likeness (QED) is 0.848. The molecule has 1 aromatic rings. The average Bonchev–Trinajstić information content (AvgIpc) is 2.69. The van der Waals surface area contributed by atoms with Gasteiger partial charge >= 0.3 is 0 Å². The van der Waals surface area contributed by atoms with Crippen molar-refractivity contribution in [2.45, 2.75) is 32.7 Å². The minimum Gasteiger partial charge on any atom is -0.312 e. The highest BCUT2D eigenvalue weighted by molar-refractivity contribution is 5.18. The zero-order valence-corrected chi connectivity index (χ0v) is 10.2. The Morgan fingerprint density at radius 3 is 2.82 bits per heavy atom. The third kappa shape index (κ3) is 3.50. The maximum absolute atomic E-state index is 13.3. The Hall–Kier alpha value is -0.960. The number of hydrogen-bond donors (Lipinski definition) is 1. The first-order valence-corrected chi connectivity index (χ1v) is 6.30. The lowest BCUT2D eigenvalue weighted by Gasteiger charge is -2.11. The molecule has 0 heterocycles. The van der Waals surface area contributed by atoms with Crippen molar-refractivity contribution >= 4 is 0 Å². The van der Waals surface area contributed by atoms with Crippen molar-refractivity contribution < 1.29 is 8.78 Å². The summed E-state index contributed by atoms with van der Waals surface area (Å²) in [7, 11) is 0. The number of benzene rings is 1. The summed E-state index contributed by atoms with van der Waals surface area (Å²) >= 11 is 0. The van der Waals surface area contributed by atoms with Crippen LogP contribution >= 0.6 is 0 Å². The van der Waals surface area contributed by atoms with Gasteiger partial charge in [0.05, 0.1) is 0 Å². The zero-order valence-electron chi connectivity index (χ0n) is 10.2. The van der Waals surface area contributed by atoms with Crippen LogP contribution in [0.1, 0.15) is 31.7 Å². The zero-order chi connectivity index (χ0) is 12.3. The Morgan fingerprint density at radius 2 is 2.12 bits per heavy atom. The highest BCUT2D eigenvalue weighted by Gasteiger charge is 2.20. The maximum atomic E-state index is 13.3. The van der Waals surface area contributed by atoms with Crippen molar-refractivity contribution in [1.29, 1.82) is 0 Å². The summed E-state index contributed by atoms with van der Waals surface area (Å²) in [5, 5.41) is 3.23. The number of halogens is 2. The predicted molar refractivity (Wildman–Crippen MR) is 64.6 cm³/mol. The molecule has 1 saturated carbocycles. The molecule has 0 radical (unpaired) electrons. The van der Waals surface area contributed by atoms with Crippen LogP contribution in [-0.4, -0.2) is 6.54 Å². The Kier molecular flexibility index (Phi) is 4.11. The Morgan fingerprint density at radius 1 is 1.29 bits per heavy atom. The second kappa shape index (κ2) is 5.58. The van der Waals surface area contributed by atoms with Crippen molar-refractivity contribution in [3.8, 4) is 0 Å². The molecule has 2 atom stereocenters. The van der Waals surface area contributed by atoms with Crippen molar-refractivity contribution in [1.82, 2.24) is 5.32 Å². The van der Waals surface area contributed by atoms with Gasteiger partial charge in [0.15, 0.2) is 0 Å². The molecule has 1 aliphatic rings. The molecule has 3 heteroatoms. The lowest BCUT2D eigenvalue weighted by atomic mass is 10.1. The van der Waals surface area contributed by atoms with E-state index in [9.17, 15) is 8.78 Å². The van der Waals surface area contributed by atoms with Crippen molar-refractivity contribution in [3.05, 3.63) is 35.4 Å². The molecule has 0 spiro atoms. The fraction of sp³-hybridized carbons (Fsp3) is 0.571. The van der Waals surface area contributed by atoms with Gasteiger partial charge in [-0.3, -0.25) is 0 Å². The Bertz CT molecular complexity index is 378. The van der Waals surface area contributed by atoms with Crippen LogP contribution in [0.2, 0.25) is 0 Å². The summed E-state index contributed by atoms with van der Waals surface area (Å²) in [4.78, 5) is 0. The molecular formula is C14H19F2N. The fourth-order valence-corrected chi connectivity index (χ4v) is 2.60. The van der Waals surface area contributed by atoms with Gasteiger partial charge < -0.3 is 5.32 Å². The van der Waals surface area contributed by atoms with E-state index in [-0.39, 0.29) is 11.6 Å². The van der Waals surface area contributed by atoms with E-state index in [1.807, 2.05) is 0 Å². The topological polar surface area (TPSA) is 12.0 Å². The van der Waals surface area contributed by atoms with E-state index in [4.69, 9.17) is 0 Å². The molecule has 2 rings (SSSR count). The van der Waals surface area contributed by atoms with Crippen LogP contribution in [0.15, 0.2) is 18.2 Å². The summed E-state index contributed by atoms with van der Waals surface area (Å²) in [6.45, 7) is 3.58. The average molecular weight is 239 g/mol. The van der Waals surface area contributed by atoms with Crippen molar-refractivity contribution in [2.24, 2.45) is 11.8 Å². The molecule has 1 fully saturated rings. The van der Waals surface area contributed by atoms with E-state index in [1.165, 1.54) is 31.4 Å². The van der Waals surface area contributed by atoms with Crippen LogP contribution in [0.5, 0.6) is 0 Å². The summed E-state index contributed by atoms with van der Waals surface area (Å²) in [5.41, 5.74) is 0.413. The van der Waals surface area contributed by atoms with E-state index in [0.29, 0.717) is 18.0 Å². The van der Waals surface area contributed by atoms with Crippen LogP contribution in [0, 0.1) is 23.5 Å². The standard InChI is InChI=1S/C14H19F2N/c1-10-2-3-11(6-10)8-17-9-12-7-13(15)4-5-14(12)16/h4-5,7,10-11,17H,2-3,6,8-9H2,1H3. The highest BCUT2D eigenvalue weighted by Crippen LogP contribution is 2.29. The molecular weight excluding hydrogens is 220 g/mol. The number of rotatable bonds is 4. The van der Waals surface area contributed by atoms with Gasteiger partial charge in [-0.1, -0.05) is 13.3 Å². The first-order valence-electron chi connectivity index (χ1n) is 6.30. The molecule has 17 heavy (non-hydrogen) atoms. The lowest BCUT2D eigenvalue weighted by molar-refractivity contribution is 0.465. The summed E-state index contributed by atoms with van der Waals surface area (Å²) in [6.07, 6.45) is 3.79. The van der Waals surface area contributed by atoms with Crippen molar-refractivity contribution in [2.75, 3.05) is 6.54 Å². The van der Waals surface area contributed by atoms with E-state index >= 15 is 0 Å². The number of hydrogen-bond acceptors (Lipinski definition) is 1. The first-order chi connectivity index (χ1) is 8.15. The SMILES string of the molecule is CC1CCC(CNCc2cc(F)ccc2F)C1. The van der Waals surface area contributed by atoms with E-state index in [0.717, 1.165) is 18.5 Å². The molecule has 1 aromatic carbocycles. The van der Waals surface area contributed by atoms with Gasteiger partial charge in [-0.15, -0.1) is 0 Å². The predicted octanol–water partition coefficient (Wildman–Crippen LogP) is 3.49. The second-order valence-electron chi connectivity index (χ2n) is 5.15. The Labute approximate surface area is 101 Å². The van der Waals surface area contributed by atoms with Crippen molar-refractivity contribution in [3.63, 3.8) is 0 Å². The van der Waals surface area contributed by atoms with Crippen LogP contribution in [0.3, 0.4) is 0 Å². The van der Waals surface area contributed by atoms with Gasteiger partial charge in [0.25, 0.3) is 0 Å². The largest absolute Gasteiger partial charge is 0.312 e. The molecule has 0 saturated heterocycles. The van der Waals surface area contributed by atoms with E-state index in [2.05, 4.69) is 12.2 Å². The van der Waals surface area contributed by atoms with Crippen LogP contribution in [0.4, 0.5) is 8.78 Å². The molecule has 1 nitrogen and oxygen atoms in total. The molecule has 1 aliphatic carbocycles. The van der Waals surface area contributed by atoms with Gasteiger partial charge in [0.1, 0.15) is 11.6 Å². The number of nitrogens with one attached hydrogen (secondary N) is 1. The molecule has 2 unspecified atom stereocenters. The van der Waals surface area contributed by atoms with Gasteiger partial charge in [0.2, 0.25) is 0 Å². The summed E-state index contributed by atoms with van der Waals surface area (Å²) in [6, 6.07) is 3.60. The lowest BCUT2D eigenvalue weighted by Crippen LogP contribution is -2.21. The van der Waals surface area contributed by atoms with Gasteiger partial charge in [0, 0.05) is 12.1 Å². The van der Waals surface area contributed by atoms with Crippen LogP contribution in [0.25, 0.3) is 0 Å². The maximum Gasteiger partial charge on any atom is 0.127 e. The fourth-order valence-electron chi connectivity index (χ4n) is 2.60. The molecule has 0 aromatic heterocycles. The third-order valence-corrected chi connectivity index (χ3v) is 3.56. The van der Waals surface area contributed by atoms with E-state index in [1.54, 1.807) is 0 Å².